The second-order valence-corrected chi connectivity index (χ2v) is 9.77. The van der Waals surface area contributed by atoms with Crippen LogP contribution in [0.1, 0.15) is 52.6 Å². The summed E-state index contributed by atoms with van der Waals surface area (Å²) < 4.78 is 5.42. The molecule has 27 heavy (non-hydrogen) atoms. The summed E-state index contributed by atoms with van der Waals surface area (Å²) >= 11 is 3.49. The van der Waals surface area contributed by atoms with Crippen molar-refractivity contribution in [2.75, 3.05) is 18.5 Å². The molecule has 0 unspecified atom stereocenters. The van der Waals surface area contributed by atoms with Crippen LogP contribution in [-0.4, -0.2) is 29.4 Å². The van der Waals surface area contributed by atoms with Crippen LogP contribution in [0, 0.1) is 12.8 Å². The van der Waals surface area contributed by atoms with Crippen LogP contribution >= 0.6 is 23.1 Å². The number of anilines is 1. The summed E-state index contributed by atoms with van der Waals surface area (Å²) in [4.78, 5) is 18.0. The molecule has 1 amide bonds. The van der Waals surface area contributed by atoms with Crippen molar-refractivity contribution in [3.63, 3.8) is 0 Å². The Bertz CT molecular complexity index is 767. The first-order chi connectivity index (χ1) is 13.0. The number of rotatable bonds is 7. The number of thiazole rings is 1. The number of carbonyl (C=O) groups excluding carboxylic acids is 1. The van der Waals surface area contributed by atoms with Crippen LogP contribution in [0.2, 0.25) is 0 Å². The van der Waals surface area contributed by atoms with E-state index in [9.17, 15) is 4.79 Å². The molecule has 0 atom stereocenters. The molecule has 3 rings (SSSR count). The summed E-state index contributed by atoms with van der Waals surface area (Å²) in [6, 6.07) is 8.17. The highest BCUT2D eigenvalue weighted by Crippen LogP contribution is 2.27. The average molecular weight is 405 g/mol. The molecule has 0 radical (unpaired) electrons. The van der Waals surface area contributed by atoms with E-state index in [1.54, 1.807) is 0 Å². The number of nitrogens with one attached hydrogen (secondary N) is 1. The molecule has 2 heterocycles. The van der Waals surface area contributed by atoms with Crippen LogP contribution in [0.15, 0.2) is 24.3 Å². The Balaban J connectivity index is 1.60. The summed E-state index contributed by atoms with van der Waals surface area (Å²) in [7, 11) is 0. The highest BCUT2D eigenvalue weighted by atomic mass is 32.2. The molecule has 1 aliphatic rings. The Morgan fingerprint density at radius 2 is 2.15 bits per heavy atom. The fraction of sp³-hybridized carbons (Fsp3) is 0.524. The van der Waals surface area contributed by atoms with Crippen molar-refractivity contribution in [2.24, 2.45) is 5.92 Å². The lowest BCUT2D eigenvalue weighted by Gasteiger charge is -2.21. The number of hydrogen-bond donors (Lipinski definition) is 1. The lowest BCUT2D eigenvalue weighted by atomic mass is 10.1. The number of aromatic nitrogens is 1. The SMILES string of the molecule is Cc1nc(CC(C)C)sc1C(=O)Nc1cccc(CSC2CCOCC2)c1. The zero-order valence-electron chi connectivity index (χ0n) is 16.3. The van der Waals surface area contributed by atoms with Crippen molar-refractivity contribution in [1.29, 1.82) is 0 Å². The van der Waals surface area contributed by atoms with E-state index in [4.69, 9.17) is 4.74 Å². The minimum atomic E-state index is -0.0609. The largest absolute Gasteiger partial charge is 0.381 e. The third-order valence-electron chi connectivity index (χ3n) is 4.47. The van der Waals surface area contributed by atoms with Crippen molar-refractivity contribution in [3.8, 4) is 0 Å². The third-order valence-corrected chi connectivity index (χ3v) is 7.09. The lowest BCUT2D eigenvalue weighted by Crippen LogP contribution is -2.17. The molecular formula is C21H28N2O2S2. The number of ether oxygens (including phenoxy) is 1. The Labute approximate surface area is 170 Å². The molecule has 0 saturated carbocycles. The van der Waals surface area contributed by atoms with Crippen molar-refractivity contribution < 1.29 is 9.53 Å². The lowest BCUT2D eigenvalue weighted by molar-refractivity contribution is 0.1000. The maximum atomic E-state index is 12.7. The minimum Gasteiger partial charge on any atom is -0.381 e. The van der Waals surface area contributed by atoms with Gasteiger partial charge in [-0.2, -0.15) is 11.8 Å². The smallest absolute Gasteiger partial charge is 0.267 e. The van der Waals surface area contributed by atoms with Crippen LogP contribution in [0.25, 0.3) is 0 Å². The second-order valence-electron chi connectivity index (χ2n) is 7.40. The van der Waals surface area contributed by atoms with Crippen LogP contribution in [0.5, 0.6) is 0 Å². The summed E-state index contributed by atoms with van der Waals surface area (Å²) in [5, 5.41) is 4.76. The third kappa shape index (κ3) is 6.06. The molecule has 0 spiro atoms. The monoisotopic (exact) mass is 404 g/mol. The molecule has 0 aliphatic carbocycles. The molecule has 0 bridgehead atoms. The summed E-state index contributed by atoms with van der Waals surface area (Å²) in [6.45, 7) is 8.00. The number of aryl methyl sites for hydroxylation is 1. The molecule has 6 heteroatoms. The van der Waals surface area contributed by atoms with Gasteiger partial charge in [-0.25, -0.2) is 4.98 Å². The standard InChI is InChI=1S/C21H28N2O2S2/c1-14(2)11-19-22-15(3)20(27-19)21(24)23-17-6-4-5-16(12-17)13-26-18-7-9-25-10-8-18/h4-6,12,14,18H,7-11,13H2,1-3H3,(H,23,24). The number of hydrogen-bond acceptors (Lipinski definition) is 5. The molecule has 2 aromatic rings. The number of thioether (sulfide) groups is 1. The van der Waals surface area contributed by atoms with Crippen LogP contribution in [-0.2, 0) is 16.9 Å². The molecular weight excluding hydrogens is 376 g/mol. The maximum absolute atomic E-state index is 12.7. The normalized spacial score (nSPS) is 15.3. The van der Waals surface area contributed by atoms with Gasteiger partial charge in [0, 0.05) is 36.3 Å². The van der Waals surface area contributed by atoms with Gasteiger partial charge in [-0.3, -0.25) is 4.79 Å². The molecule has 4 nitrogen and oxygen atoms in total. The van der Waals surface area contributed by atoms with Gasteiger partial charge in [0.2, 0.25) is 0 Å². The first kappa shape index (κ1) is 20.4. The van der Waals surface area contributed by atoms with Crippen LogP contribution < -0.4 is 5.32 Å². The fourth-order valence-electron chi connectivity index (χ4n) is 3.08. The zero-order valence-corrected chi connectivity index (χ0v) is 17.9. The van der Waals surface area contributed by atoms with Crippen molar-refractivity contribution in [1.82, 2.24) is 4.98 Å². The van der Waals surface area contributed by atoms with E-state index in [1.807, 2.05) is 30.8 Å². The summed E-state index contributed by atoms with van der Waals surface area (Å²) in [6.07, 6.45) is 3.17. The molecule has 1 aromatic carbocycles. The van der Waals surface area contributed by atoms with E-state index in [-0.39, 0.29) is 5.91 Å². The molecule has 1 aliphatic heterocycles. The van der Waals surface area contributed by atoms with Crippen molar-refractivity contribution in [2.45, 2.75) is 51.0 Å². The van der Waals surface area contributed by atoms with Gasteiger partial charge in [0.25, 0.3) is 5.91 Å². The number of nitrogens with zero attached hydrogens (tertiary/aromatic N) is 1. The average Bonchev–Trinajstić information content (AvgIpc) is 3.01. The van der Waals surface area contributed by atoms with Gasteiger partial charge in [-0.1, -0.05) is 26.0 Å². The van der Waals surface area contributed by atoms with E-state index in [0.29, 0.717) is 16.0 Å². The molecule has 1 saturated heterocycles. The Hall–Kier alpha value is -1.37. The van der Waals surface area contributed by atoms with Gasteiger partial charge >= 0.3 is 0 Å². The fourth-order valence-corrected chi connectivity index (χ4v) is 5.39. The van der Waals surface area contributed by atoms with E-state index in [0.717, 1.165) is 54.6 Å². The second kappa shape index (κ2) is 9.71. The van der Waals surface area contributed by atoms with Gasteiger partial charge in [0.1, 0.15) is 4.88 Å². The summed E-state index contributed by atoms with van der Waals surface area (Å²) in [5.41, 5.74) is 2.91. The highest BCUT2D eigenvalue weighted by molar-refractivity contribution is 7.99. The van der Waals surface area contributed by atoms with Crippen LogP contribution in [0.4, 0.5) is 5.69 Å². The predicted octanol–water partition coefficient (Wildman–Crippen LogP) is 5.31. The van der Waals surface area contributed by atoms with Crippen molar-refractivity contribution >= 4 is 34.7 Å². The minimum absolute atomic E-state index is 0.0609. The van der Waals surface area contributed by atoms with E-state index >= 15 is 0 Å². The van der Waals surface area contributed by atoms with Gasteiger partial charge in [0.15, 0.2) is 0 Å². The number of amides is 1. The number of benzene rings is 1. The van der Waals surface area contributed by atoms with E-state index in [1.165, 1.54) is 16.9 Å². The van der Waals surface area contributed by atoms with Gasteiger partial charge in [0.05, 0.1) is 10.7 Å². The topological polar surface area (TPSA) is 51.2 Å². The highest BCUT2D eigenvalue weighted by Gasteiger charge is 2.17. The van der Waals surface area contributed by atoms with Gasteiger partial charge in [-0.05, 0) is 43.4 Å². The van der Waals surface area contributed by atoms with Gasteiger partial charge < -0.3 is 10.1 Å². The predicted molar refractivity (Wildman–Crippen MR) is 115 cm³/mol. The zero-order chi connectivity index (χ0) is 19.2. The first-order valence-electron chi connectivity index (χ1n) is 9.57. The maximum Gasteiger partial charge on any atom is 0.267 e. The molecule has 1 N–H and O–H groups in total. The summed E-state index contributed by atoms with van der Waals surface area (Å²) in [5.74, 6) is 1.44. The first-order valence-corrected chi connectivity index (χ1v) is 11.4. The Morgan fingerprint density at radius 3 is 2.89 bits per heavy atom. The molecule has 1 fully saturated rings. The van der Waals surface area contributed by atoms with Crippen molar-refractivity contribution in [3.05, 3.63) is 45.4 Å². The number of carbonyl (C=O) groups is 1. The molecule has 1 aromatic heterocycles. The van der Waals surface area contributed by atoms with E-state index in [2.05, 4.69) is 36.3 Å². The van der Waals surface area contributed by atoms with Gasteiger partial charge in [-0.15, -0.1) is 11.3 Å². The molecule has 146 valence electrons. The van der Waals surface area contributed by atoms with Crippen LogP contribution in [0.3, 0.4) is 0 Å². The quantitative estimate of drug-likeness (QED) is 0.679. The van der Waals surface area contributed by atoms with E-state index < -0.39 is 0 Å². The Morgan fingerprint density at radius 1 is 1.37 bits per heavy atom. The Kier molecular flexibility index (Phi) is 7.33.